The largest absolute Gasteiger partial charge is 0.493 e. The number of rotatable bonds is 5. The van der Waals surface area contributed by atoms with Crippen molar-refractivity contribution in [3.8, 4) is 17.2 Å². The molecule has 0 radical (unpaired) electrons. The molecule has 0 fully saturated rings. The van der Waals surface area contributed by atoms with Crippen LogP contribution in [0.1, 0.15) is 18.6 Å². The first-order valence-electron chi connectivity index (χ1n) is 5.96. The second-order valence-corrected chi connectivity index (χ2v) is 4.16. The van der Waals surface area contributed by atoms with E-state index in [9.17, 15) is 0 Å². The lowest BCUT2D eigenvalue weighted by molar-refractivity contribution is 0.355. The molecule has 1 heterocycles. The lowest BCUT2D eigenvalue weighted by atomic mass is 10.2. The maximum absolute atomic E-state index is 5.91. The predicted octanol–water partition coefficient (Wildman–Crippen LogP) is 2.59. The average Bonchev–Trinajstić information content (AvgIpc) is 2.89. The normalized spacial score (nSPS) is 10.5. The third kappa shape index (κ3) is 2.51. The summed E-state index contributed by atoms with van der Waals surface area (Å²) in [6, 6.07) is 5.67. The highest BCUT2D eigenvalue weighted by Crippen LogP contribution is 2.30. The molecule has 0 atom stereocenters. The third-order valence-electron chi connectivity index (χ3n) is 2.86. The Bertz CT molecular complexity index is 548. The first-order chi connectivity index (χ1) is 9.24. The molecule has 2 rings (SSSR count). The minimum Gasteiger partial charge on any atom is -0.493 e. The van der Waals surface area contributed by atoms with Crippen LogP contribution in [0.3, 0.4) is 0 Å². The lowest BCUT2D eigenvalue weighted by Crippen LogP contribution is -2.04. The first kappa shape index (κ1) is 13.7. The maximum atomic E-state index is 5.91. The molecule has 5 nitrogen and oxygen atoms in total. The Balaban J connectivity index is 2.55. The van der Waals surface area contributed by atoms with E-state index >= 15 is 0 Å². The monoisotopic (exact) mass is 281 g/mol. The Kier molecular flexibility index (Phi) is 4.27. The van der Waals surface area contributed by atoms with Crippen molar-refractivity contribution in [3.63, 3.8) is 0 Å². The van der Waals surface area contributed by atoms with Crippen LogP contribution in [0, 0.1) is 0 Å². The molecule has 2 aromatic rings. The summed E-state index contributed by atoms with van der Waals surface area (Å²) in [5, 5.41) is 8.23. The van der Waals surface area contributed by atoms with Crippen LogP contribution in [0.25, 0.3) is 5.69 Å². The Hall–Kier alpha value is -1.75. The van der Waals surface area contributed by atoms with E-state index in [1.165, 1.54) is 0 Å². The summed E-state index contributed by atoms with van der Waals surface area (Å²) in [4.78, 5) is 0. The number of hydrogen-bond acceptors (Lipinski definition) is 4. The summed E-state index contributed by atoms with van der Waals surface area (Å²) < 4.78 is 12.5. The van der Waals surface area contributed by atoms with Crippen molar-refractivity contribution in [2.24, 2.45) is 0 Å². The van der Waals surface area contributed by atoms with E-state index in [0.717, 1.165) is 17.9 Å². The van der Waals surface area contributed by atoms with Crippen LogP contribution in [0.2, 0.25) is 0 Å². The fourth-order valence-electron chi connectivity index (χ4n) is 1.93. The molecule has 0 amide bonds. The number of methoxy groups -OCH3 is 2. The molecule has 0 aliphatic carbocycles. The van der Waals surface area contributed by atoms with Crippen LogP contribution < -0.4 is 9.47 Å². The molecule has 0 bridgehead atoms. The van der Waals surface area contributed by atoms with Gasteiger partial charge in [-0.15, -0.1) is 21.8 Å². The Morgan fingerprint density at radius 2 is 1.79 bits per heavy atom. The average molecular weight is 282 g/mol. The van der Waals surface area contributed by atoms with Gasteiger partial charge in [0.25, 0.3) is 0 Å². The van der Waals surface area contributed by atoms with Gasteiger partial charge in [0.1, 0.15) is 5.82 Å². The minimum atomic E-state index is 0.307. The Morgan fingerprint density at radius 3 is 2.37 bits per heavy atom. The van der Waals surface area contributed by atoms with Gasteiger partial charge in [-0.2, -0.15) is 0 Å². The molecule has 6 heteroatoms. The van der Waals surface area contributed by atoms with Gasteiger partial charge in [-0.3, -0.25) is 4.57 Å². The second-order valence-electron chi connectivity index (χ2n) is 3.89. The first-order valence-corrected chi connectivity index (χ1v) is 6.50. The van der Waals surface area contributed by atoms with Crippen LogP contribution in [0.5, 0.6) is 11.5 Å². The fourth-order valence-corrected chi connectivity index (χ4v) is 2.10. The molecule has 0 saturated carbocycles. The highest BCUT2D eigenvalue weighted by molar-refractivity contribution is 6.16. The van der Waals surface area contributed by atoms with Crippen LogP contribution in [0.15, 0.2) is 18.2 Å². The number of hydrogen-bond donors (Lipinski definition) is 0. The molecule has 0 N–H and O–H groups in total. The van der Waals surface area contributed by atoms with E-state index in [2.05, 4.69) is 10.2 Å². The van der Waals surface area contributed by atoms with Gasteiger partial charge in [0.05, 0.1) is 25.8 Å². The van der Waals surface area contributed by atoms with E-state index < -0.39 is 0 Å². The van der Waals surface area contributed by atoms with Crippen LogP contribution >= 0.6 is 11.6 Å². The van der Waals surface area contributed by atoms with Crippen molar-refractivity contribution in [1.29, 1.82) is 0 Å². The van der Waals surface area contributed by atoms with Gasteiger partial charge in [-0.1, -0.05) is 6.92 Å². The van der Waals surface area contributed by atoms with E-state index in [4.69, 9.17) is 21.1 Å². The summed E-state index contributed by atoms with van der Waals surface area (Å²) in [7, 11) is 3.22. The standard InChI is InChI=1S/C13H16ClN3O2/c1-4-12-15-16-13(8-14)17(12)9-5-6-10(18-2)11(7-9)19-3/h5-7H,4,8H2,1-3H3. The third-order valence-corrected chi connectivity index (χ3v) is 3.10. The van der Waals surface area contributed by atoms with Gasteiger partial charge < -0.3 is 9.47 Å². The predicted molar refractivity (Wildman–Crippen MR) is 73.4 cm³/mol. The van der Waals surface area contributed by atoms with Gasteiger partial charge in [0.2, 0.25) is 0 Å². The summed E-state index contributed by atoms with van der Waals surface area (Å²) >= 11 is 5.91. The van der Waals surface area contributed by atoms with E-state index in [-0.39, 0.29) is 0 Å². The number of aryl methyl sites for hydroxylation is 1. The van der Waals surface area contributed by atoms with Crippen LogP contribution in [-0.2, 0) is 12.3 Å². The van der Waals surface area contributed by atoms with Gasteiger partial charge in [0.15, 0.2) is 17.3 Å². The molecule has 0 aliphatic rings. The van der Waals surface area contributed by atoms with Crippen molar-refractivity contribution in [2.75, 3.05) is 14.2 Å². The summed E-state index contributed by atoms with van der Waals surface area (Å²) in [6.07, 6.45) is 0.776. The molecule has 19 heavy (non-hydrogen) atoms. The number of alkyl halides is 1. The van der Waals surface area contributed by atoms with Gasteiger partial charge in [-0.05, 0) is 12.1 Å². The topological polar surface area (TPSA) is 49.2 Å². The number of benzene rings is 1. The zero-order chi connectivity index (χ0) is 13.8. The van der Waals surface area contributed by atoms with Crippen molar-refractivity contribution >= 4 is 11.6 Å². The molecule has 0 aliphatic heterocycles. The molecule has 0 unspecified atom stereocenters. The summed E-state index contributed by atoms with van der Waals surface area (Å²) in [6.45, 7) is 2.03. The molecular formula is C13H16ClN3O2. The number of halogens is 1. The van der Waals surface area contributed by atoms with Crippen molar-refractivity contribution in [3.05, 3.63) is 29.8 Å². The highest BCUT2D eigenvalue weighted by atomic mass is 35.5. The highest BCUT2D eigenvalue weighted by Gasteiger charge is 2.14. The second kappa shape index (κ2) is 5.93. The Morgan fingerprint density at radius 1 is 1.11 bits per heavy atom. The molecular weight excluding hydrogens is 266 g/mol. The number of aromatic nitrogens is 3. The van der Waals surface area contributed by atoms with E-state index in [1.807, 2.05) is 29.7 Å². The molecule has 1 aromatic heterocycles. The number of nitrogens with zero attached hydrogens (tertiary/aromatic N) is 3. The lowest BCUT2D eigenvalue weighted by Gasteiger charge is -2.12. The zero-order valence-corrected chi connectivity index (χ0v) is 11.9. The van der Waals surface area contributed by atoms with Crippen LogP contribution in [-0.4, -0.2) is 29.0 Å². The van der Waals surface area contributed by atoms with Crippen molar-refractivity contribution in [1.82, 2.24) is 14.8 Å². The van der Waals surface area contributed by atoms with Gasteiger partial charge >= 0.3 is 0 Å². The zero-order valence-electron chi connectivity index (χ0n) is 11.2. The Labute approximate surface area is 117 Å². The van der Waals surface area contributed by atoms with Crippen molar-refractivity contribution in [2.45, 2.75) is 19.2 Å². The fraction of sp³-hybridized carbons (Fsp3) is 0.385. The van der Waals surface area contributed by atoms with E-state index in [0.29, 0.717) is 23.2 Å². The molecule has 102 valence electrons. The van der Waals surface area contributed by atoms with E-state index in [1.54, 1.807) is 14.2 Å². The van der Waals surface area contributed by atoms with Gasteiger partial charge in [0, 0.05) is 12.5 Å². The molecule has 0 spiro atoms. The summed E-state index contributed by atoms with van der Waals surface area (Å²) in [5.41, 5.74) is 0.912. The molecule has 1 aromatic carbocycles. The van der Waals surface area contributed by atoms with Gasteiger partial charge in [-0.25, -0.2) is 0 Å². The van der Waals surface area contributed by atoms with Crippen molar-refractivity contribution < 1.29 is 9.47 Å². The smallest absolute Gasteiger partial charge is 0.162 e. The minimum absolute atomic E-state index is 0.307. The quantitative estimate of drug-likeness (QED) is 0.791. The molecule has 0 saturated heterocycles. The number of ether oxygens (including phenoxy) is 2. The maximum Gasteiger partial charge on any atom is 0.162 e. The SMILES string of the molecule is CCc1nnc(CCl)n1-c1ccc(OC)c(OC)c1. The van der Waals surface area contributed by atoms with Crippen LogP contribution in [0.4, 0.5) is 0 Å². The summed E-state index contributed by atoms with van der Waals surface area (Å²) in [5.74, 6) is 3.23.